The maximum atomic E-state index is 9.84. The topological polar surface area (TPSA) is 170 Å². The molecule has 0 aliphatic heterocycles. The summed E-state index contributed by atoms with van der Waals surface area (Å²) in [6.07, 6.45) is -8.42. The largest absolute Gasteiger partial charge is 1.00 e. The van der Waals surface area contributed by atoms with Gasteiger partial charge in [0.05, 0.1) is 12.3 Å². The van der Waals surface area contributed by atoms with Crippen molar-refractivity contribution in [1.29, 1.82) is 0 Å². The zero-order valence-electron chi connectivity index (χ0n) is 9.16. The van der Waals surface area contributed by atoms with E-state index in [9.17, 15) is 20.4 Å². The molecule has 0 heterocycles. The van der Waals surface area contributed by atoms with Crippen LogP contribution in [0.15, 0.2) is 0 Å². The molecule has 16 heavy (non-hydrogen) atoms. The summed E-state index contributed by atoms with van der Waals surface area (Å²) >= 11 is 0. The molecule has 10 nitrogen and oxygen atoms in total. The maximum absolute atomic E-state index is 9.84. The van der Waals surface area contributed by atoms with Gasteiger partial charge < -0.3 is 20.4 Å². The van der Waals surface area contributed by atoms with Crippen LogP contribution in [0.3, 0.4) is 0 Å². The molecule has 0 atom stereocenters. The Labute approximate surface area is 178 Å². The van der Waals surface area contributed by atoms with Crippen molar-refractivity contribution >= 4 is 0 Å². The van der Waals surface area contributed by atoms with Crippen molar-refractivity contribution in [3.8, 4) is 0 Å². The minimum atomic E-state index is -4.21. The van der Waals surface area contributed by atoms with Crippen molar-refractivity contribution in [3.05, 3.63) is 0 Å². The predicted molar refractivity (Wildman–Crippen MR) is 15.1 cm³/mol. The fourth-order valence-corrected chi connectivity index (χ4v) is 0.132. The van der Waals surface area contributed by atoms with E-state index in [1.165, 1.54) is 0 Å². The van der Waals surface area contributed by atoms with Gasteiger partial charge in [-0.1, -0.05) is 0 Å². The van der Waals surface area contributed by atoms with Gasteiger partial charge in [0.1, 0.15) is 0 Å². The first-order valence-electron chi connectivity index (χ1n) is 2.16. The molecule has 74 valence electrons. The second-order valence-corrected chi connectivity index (χ2v) is 1.35. The SMILES string of the molecule is [Na+].[Na+].[Na+].[Na+].[O-]C([O-])(OO)OOC([O-])([O-])OO. The molecule has 0 aromatic heterocycles. The van der Waals surface area contributed by atoms with Crippen LogP contribution in [-0.2, 0) is 19.6 Å². The van der Waals surface area contributed by atoms with E-state index >= 15 is 0 Å². The summed E-state index contributed by atoms with van der Waals surface area (Å²) in [6, 6.07) is 0. The standard InChI is InChI=1S/C2H2O10.4Na/c3-1(4,9-7)11-12-2(5,6)10-8;;;;/h7-8H;;;;/q-4;4*+1. The Balaban J connectivity index is -0.000000101. The Morgan fingerprint density at radius 3 is 0.938 bits per heavy atom. The first-order chi connectivity index (χ1) is 5.33. The molecule has 0 fully saturated rings. The van der Waals surface area contributed by atoms with Gasteiger partial charge in [-0.3, -0.25) is 10.5 Å². The molecule has 0 rings (SSSR count). The van der Waals surface area contributed by atoms with Gasteiger partial charge >= 0.3 is 118 Å². The van der Waals surface area contributed by atoms with Crippen molar-refractivity contribution in [2.45, 2.75) is 12.3 Å². The van der Waals surface area contributed by atoms with E-state index in [2.05, 4.69) is 19.6 Å². The van der Waals surface area contributed by atoms with E-state index in [-0.39, 0.29) is 118 Å². The summed E-state index contributed by atoms with van der Waals surface area (Å²) < 4.78 is 0. The second-order valence-electron chi connectivity index (χ2n) is 1.35. The quantitative estimate of drug-likeness (QED) is 0.213. The molecule has 0 radical (unpaired) electrons. The van der Waals surface area contributed by atoms with Crippen LogP contribution in [0, 0.1) is 0 Å². The zero-order chi connectivity index (χ0) is 9.83. The molecule has 2 N–H and O–H groups in total. The molecular weight excluding hydrogens is 276 g/mol. The van der Waals surface area contributed by atoms with Gasteiger partial charge in [-0.05, 0) is 0 Å². The van der Waals surface area contributed by atoms with Crippen molar-refractivity contribution in [2.24, 2.45) is 0 Å². The van der Waals surface area contributed by atoms with E-state index in [0.29, 0.717) is 0 Å². The van der Waals surface area contributed by atoms with Gasteiger partial charge in [-0.25, -0.2) is 19.6 Å². The van der Waals surface area contributed by atoms with E-state index in [4.69, 9.17) is 10.5 Å². The molecule has 0 unspecified atom stereocenters. The number of hydrogen-bond donors (Lipinski definition) is 2. The summed E-state index contributed by atoms with van der Waals surface area (Å²) in [6.45, 7) is 0. The Morgan fingerprint density at radius 1 is 0.625 bits per heavy atom. The molecule has 0 spiro atoms. The predicted octanol–water partition coefficient (Wildman–Crippen LogP) is -17.4. The molecule has 0 saturated carbocycles. The average Bonchev–Trinajstić information content (AvgIpc) is 2.02. The van der Waals surface area contributed by atoms with Crippen LogP contribution in [0.2, 0.25) is 0 Å². The van der Waals surface area contributed by atoms with Gasteiger partial charge in [0, 0.05) is 0 Å². The molecule has 0 amide bonds. The van der Waals surface area contributed by atoms with Crippen molar-refractivity contribution in [2.75, 3.05) is 0 Å². The van der Waals surface area contributed by atoms with Crippen molar-refractivity contribution in [1.82, 2.24) is 0 Å². The Morgan fingerprint density at radius 2 is 0.812 bits per heavy atom. The minimum absolute atomic E-state index is 0. The summed E-state index contributed by atoms with van der Waals surface area (Å²) in [5.74, 6) is 0. The minimum Gasteiger partial charge on any atom is -0.815 e. The number of hydrogen-bond acceptors (Lipinski definition) is 10. The van der Waals surface area contributed by atoms with Crippen LogP contribution in [0.25, 0.3) is 0 Å². The Bertz CT molecular complexity index is 125. The Hall–Kier alpha value is 3.60. The third-order valence-corrected chi connectivity index (χ3v) is 0.469. The van der Waals surface area contributed by atoms with Crippen LogP contribution in [0.5, 0.6) is 0 Å². The second kappa shape index (κ2) is 15.0. The summed E-state index contributed by atoms with van der Waals surface area (Å²) in [5.41, 5.74) is 0. The maximum Gasteiger partial charge on any atom is 1.00 e. The van der Waals surface area contributed by atoms with Crippen LogP contribution < -0.4 is 139 Å². The molecule has 0 aliphatic rings. The van der Waals surface area contributed by atoms with Crippen LogP contribution in [-0.4, -0.2) is 22.8 Å². The van der Waals surface area contributed by atoms with Gasteiger partial charge in [0.2, 0.25) is 0 Å². The summed E-state index contributed by atoms with van der Waals surface area (Å²) in [7, 11) is 0. The van der Waals surface area contributed by atoms with Crippen LogP contribution >= 0.6 is 0 Å². The summed E-state index contributed by atoms with van der Waals surface area (Å²) in [4.78, 5) is 10.7. The monoisotopic (exact) mass is 278 g/mol. The third kappa shape index (κ3) is 17.6. The molecule has 0 aliphatic carbocycles. The van der Waals surface area contributed by atoms with E-state index < -0.39 is 12.3 Å². The van der Waals surface area contributed by atoms with Crippen molar-refractivity contribution < 1.29 is 169 Å². The first kappa shape index (κ1) is 31.8. The van der Waals surface area contributed by atoms with Crippen LogP contribution in [0.4, 0.5) is 0 Å². The van der Waals surface area contributed by atoms with Crippen LogP contribution in [0.1, 0.15) is 0 Å². The third-order valence-electron chi connectivity index (χ3n) is 0.469. The molecule has 0 aromatic rings. The first-order valence-corrected chi connectivity index (χ1v) is 2.16. The van der Waals surface area contributed by atoms with Gasteiger partial charge in [0.25, 0.3) is 0 Å². The molecule has 0 bridgehead atoms. The smallest absolute Gasteiger partial charge is 0.815 e. The van der Waals surface area contributed by atoms with Gasteiger partial charge in [0.15, 0.2) is 0 Å². The van der Waals surface area contributed by atoms with Gasteiger partial charge in [-0.2, -0.15) is 0 Å². The fraction of sp³-hybridized carbons (Fsp3) is 1.00. The molecule has 0 aromatic carbocycles. The number of rotatable bonds is 5. The Kier molecular flexibility index (Phi) is 29.8. The molecular formula is C2H2Na4O10. The zero-order valence-corrected chi connectivity index (χ0v) is 17.2. The average molecular weight is 278 g/mol. The van der Waals surface area contributed by atoms with Gasteiger partial charge in [-0.15, -0.1) is 0 Å². The molecule has 0 saturated heterocycles. The fourth-order valence-electron chi connectivity index (χ4n) is 0.132. The summed E-state index contributed by atoms with van der Waals surface area (Å²) in [5, 5.41) is 54.2. The van der Waals surface area contributed by atoms with E-state index in [1.807, 2.05) is 0 Å². The normalized spacial score (nSPS) is 10.1. The van der Waals surface area contributed by atoms with Crippen molar-refractivity contribution in [3.63, 3.8) is 0 Å². The van der Waals surface area contributed by atoms with E-state index in [1.54, 1.807) is 0 Å². The molecule has 14 heteroatoms. The van der Waals surface area contributed by atoms with E-state index in [0.717, 1.165) is 0 Å².